The largest absolute Gasteiger partial charge is 0.508 e. The number of Topliss-reactive ketones (excluding diaryl/α,β-unsaturated/α-hetero) is 1. The third-order valence-corrected chi connectivity index (χ3v) is 3.05. The van der Waals surface area contributed by atoms with Crippen LogP contribution in [-0.4, -0.2) is 23.1 Å². The predicted molar refractivity (Wildman–Crippen MR) is 75.4 cm³/mol. The molecule has 0 aliphatic heterocycles. The fraction of sp³-hybridized carbons (Fsp3) is 0.188. The second-order valence-corrected chi connectivity index (χ2v) is 4.45. The highest BCUT2D eigenvalue weighted by Gasteiger charge is 2.18. The van der Waals surface area contributed by atoms with Gasteiger partial charge in [-0.1, -0.05) is 30.3 Å². The molecular weight excluding hydrogens is 256 g/mol. The van der Waals surface area contributed by atoms with Gasteiger partial charge in [-0.2, -0.15) is 0 Å². The third kappa shape index (κ3) is 3.09. The number of hydrogen-bond donors (Lipinski definition) is 2. The van der Waals surface area contributed by atoms with Gasteiger partial charge in [0.1, 0.15) is 22.8 Å². The second kappa shape index (κ2) is 6.10. The first-order chi connectivity index (χ1) is 9.61. The molecule has 0 unspecified atom stereocenters. The molecule has 4 heteroatoms. The van der Waals surface area contributed by atoms with Crippen LogP contribution in [0.5, 0.6) is 17.2 Å². The number of ether oxygens (including phenoxy) is 1. The van der Waals surface area contributed by atoms with Crippen LogP contribution in [0.2, 0.25) is 0 Å². The Balaban J connectivity index is 2.17. The number of aromatic hydroxyl groups is 2. The fourth-order valence-electron chi connectivity index (χ4n) is 2.06. The molecule has 0 aliphatic rings. The Hall–Kier alpha value is -2.49. The number of benzene rings is 2. The summed E-state index contributed by atoms with van der Waals surface area (Å²) >= 11 is 0. The van der Waals surface area contributed by atoms with Crippen molar-refractivity contribution in [1.29, 1.82) is 0 Å². The average Bonchev–Trinajstić information content (AvgIpc) is 2.45. The van der Waals surface area contributed by atoms with Crippen LogP contribution in [0.25, 0.3) is 0 Å². The molecule has 0 saturated heterocycles. The quantitative estimate of drug-likeness (QED) is 0.821. The molecule has 0 aromatic heterocycles. The second-order valence-electron chi connectivity index (χ2n) is 4.45. The van der Waals surface area contributed by atoms with Crippen molar-refractivity contribution >= 4 is 5.78 Å². The summed E-state index contributed by atoms with van der Waals surface area (Å²) in [7, 11) is 1.39. The van der Waals surface area contributed by atoms with E-state index in [1.54, 1.807) is 0 Å². The number of phenolic OH excluding ortho intramolecular Hbond substituents is 2. The fourth-order valence-corrected chi connectivity index (χ4v) is 2.06. The zero-order valence-electron chi connectivity index (χ0n) is 11.2. The molecule has 0 spiro atoms. The van der Waals surface area contributed by atoms with Crippen molar-refractivity contribution in [2.24, 2.45) is 0 Å². The highest BCUT2D eigenvalue weighted by Crippen LogP contribution is 2.33. The number of phenols is 2. The van der Waals surface area contributed by atoms with E-state index in [1.807, 2.05) is 30.3 Å². The highest BCUT2D eigenvalue weighted by molar-refractivity contribution is 6.01. The molecule has 0 fully saturated rings. The Morgan fingerprint density at radius 1 is 1.15 bits per heavy atom. The minimum Gasteiger partial charge on any atom is -0.508 e. The van der Waals surface area contributed by atoms with Crippen LogP contribution in [0.4, 0.5) is 0 Å². The molecule has 0 saturated carbocycles. The summed E-state index contributed by atoms with van der Waals surface area (Å²) < 4.78 is 5.04. The van der Waals surface area contributed by atoms with Crippen LogP contribution in [0, 0.1) is 0 Å². The summed E-state index contributed by atoms with van der Waals surface area (Å²) in [4.78, 5) is 12.2. The van der Waals surface area contributed by atoms with E-state index >= 15 is 0 Å². The number of carbonyl (C=O) groups excluding carboxylic acids is 1. The maximum atomic E-state index is 12.2. The van der Waals surface area contributed by atoms with Gasteiger partial charge in [0.15, 0.2) is 5.78 Å². The van der Waals surface area contributed by atoms with Crippen LogP contribution in [0.3, 0.4) is 0 Å². The van der Waals surface area contributed by atoms with Crippen molar-refractivity contribution in [2.75, 3.05) is 7.11 Å². The minimum absolute atomic E-state index is 0.112. The number of carbonyl (C=O) groups is 1. The van der Waals surface area contributed by atoms with Crippen molar-refractivity contribution < 1.29 is 19.7 Å². The van der Waals surface area contributed by atoms with Gasteiger partial charge < -0.3 is 14.9 Å². The summed E-state index contributed by atoms with van der Waals surface area (Å²) in [5, 5.41) is 19.2. The van der Waals surface area contributed by atoms with E-state index < -0.39 is 0 Å². The molecule has 0 amide bonds. The van der Waals surface area contributed by atoms with E-state index in [1.165, 1.54) is 13.2 Å². The molecule has 2 rings (SSSR count). The summed E-state index contributed by atoms with van der Waals surface area (Å²) in [6, 6.07) is 12.1. The van der Waals surface area contributed by atoms with Crippen LogP contribution in [-0.2, 0) is 6.42 Å². The highest BCUT2D eigenvalue weighted by atomic mass is 16.5. The average molecular weight is 272 g/mol. The van der Waals surface area contributed by atoms with Gasteiger partial charge in [-0.3, -0.25) is 4.79 Å². The van der Waals surface area contributed by atoms with E-state index in [4.69, 9.17) is 4.74 Å². The van der Waals surface area contributed by atoms with E-state index in [0.717, 1.165) is 11.6 Å². The van der Waals surface area contributed by atoms with Gasteiger partial charge >= 0.3 is 0 Å². The predicted octanol–water partition coefficient (Wildman–Crippen LogP) is 2.92. The lowest BCUT2D eigenvalue weighted by molar-refractivity contribution is 0.0977. The van der Waals surface area contributed by atoms with Gasteiger partial charge in [-0.05, 0) is 12.0 Å². The lowest BCUT2D eigenvalue weighted by atomic mass is 10.0. The van der Waals surface area contributed by atoms with E-state index in [9.17, 15) is 15.0 Å². The van der Waals surface area contributed by atoms with Gasteiger partial charge in [0, 0.05) is 18.6 Å². The molecular formula is C16H16O4. The van der Waals surface area contributed by atoms with Gasteiger partial charge in [-0.15, -0.1) is 0 Å². The number of rotatable bonds is 5. The van der Waals surface area contributed by atoms with Crippen LogP contribution < -0.4 is 4.74 Å². The minimum atomic E-state index is -0.264. The van der Waals surface area contributed by atoms with E-state index in [-0.39, 0.29) is 35.0 Å². The molecule has 2 N–H and O–H groups in total. The molecule has 0 aliphatic carbocycles. The van der Waals surface area contributed by atoms with Crippen molar-refractivity contribution in [3.8, 4) is 17.2 Å². The van der Waals surface area contributed by atoms with E-state index in [0.29, 0.717) is 6.42 Å². The molecule has 20 heavy (non-hydrogen) atoms. The number of ketones is 1. The molecule has 4 nitrogen and oxygen atoms in total. The zero-order valence-corrected chi connectivity index (χ0v) is 11.2. The summed E-state index contributed by atoms with van der Waals surface area (Å²) in [6.45, 7) is 0. The van der Waals surface area contributed by atoms with Crippen LogP contribution in [0.15, 0.2) is 42.5 Å². The van der Waals surface area contributed by atoms with Crippen molar-refractivity contribution in [3.63, 3.8) is 0 Å². The molecule has 0 atom stereocenters. The van der Waals surface area contributed by atoms with Gasteiger partial charge in [-0.25, -0.2) is 0 Å². The molecule has 2 aromatic rings. The third-order valence-electron chi connectivity index (χ3n) is 3.05. The number of aryl methyl sites for hydroxylation is 1. The first-order valence-electron chi connectivity index (χ1n) is 6.29. The summed E-state index contributed by atoms with van der Waals surface area (Å²) in [5.74, 6) is -0.442. The Labute approximate surface area is 117 Å². The van der Waals surface area contributed by atoms with Crippen molar-refractivity contribution in [3.05, 3.63) is 53.6 Å². The summed E-state index contributed by atoms with van der Waals surface area (Å²) in [6.07, 6.45) is 0.849. The topological polar surface area (TPSA) is 66.8 Å². The molecule has 0 bridgehead atoms. The normalized spacial score (nSPS) is 10.2. The molecule has 104 valence electrons. The smallest absolute Gasteiger partial charge is 0.170 e. The summed E-state index contributed by atoms with van der Waals surface area (Å²) in [5.41, 5.74) is 1.17. The van der Waals surface area contributed by atoms with Crippen LogP contribution >= 0.6 is 0 Å². The number of methoxy groups -OCH3 is 1. The lowest BCUT2D eigenvalue weighted by Gasteiger charge is -2.10. The first kappa shape index (κ1) is 13.9. The molecule has 2 aromatic carbocycles. The Kier molecular flexibility index (Phi) is 4.25. The number of hydrogen-bond acceptors (Lipinski definition) is 4. The van der Waals surface area contributed by atoms with Gasteiger partial charge in [0.25, 0.3) is 0 Å². The molecule has 0 radical (unpaired) electrons. The maximum absolute atomic E-state index is 12.2. The van der Waals surface area contributed by atoms with Crippen molar-refractivity contribution in [2.45, 2.75) is 12.8 Å². The van der Waals surface area contributed by atoms with Crippen LogP contribution in [0.1, 0.15) is 22.3 Å². The SMILES string of the molecule is COc1cc(O)cc(O)c1C(=O)CCc1ccccc1. The molecule has 0 heterocycles. The van der Waals surface area contributed by atoms with Gasteiger partial charge in [0.05, 0.1) is 7.11 Å². The van der Waals surface area contributed by atoms with E-state index in [2.05, 4.69) is 0 Å². The lowest BCUT2D eigenvalue weighted by Crippen LogP contribution is -2.04. The Bertz CT molecular complexity index is 605. The Morgan fingerprint density at radius 3 is 2.50 bits per heavy atom. The monoisotopic (exact) mass is 272 g/mol. The Morgan fingerprint density at radius 2 is 1.85 bits per heavy atom. The standard InChI is InChI=1S/C16H16O4/c1-20-15-10-12(17)9-14(19)16(15)13(18)8-7-11-5-3-2-4-6-11/h2-6,9-10,17,19H,7-8H2,1H3. The maximum Gasteiger partial charge on any atom is 0.170 e. The zero-order chi connectivity index (χ0) is 14.5. The first-order valence-corrected chi connectivity index (χ1v) is 6.29. The van der Waals surface area contributed by atoms with Crippen molar-refractivity contribution in [1.82, 2.24) is 0 Å². The van der Waals surface area contributed by atoms with Gasteiger partial charge in [0.2, 0.25) is 0 Å².